The van der Waals surface area contributed by atoms with Crippen LogP contribution in [0.2, 0.25) is 0 Å². The molecule has 0 bridgehead atoms. The van der Waals surface area contributed by atoms with E-state index in [0.29, 0.717) is 13.0 Å². The average Bonchev–Trinajstić information content (AvgIpc) is 2.95. The van der Waals surface area contributed by atoms with Gasteiger partial charge in [-0.1, -0.05) is 30.3 Å². The van der Waals surface area contributed by atoms with Gasteiger partial charge in [-0.25, -0.2) is 4.98 Å². The Morgan fingerprint density at radius 1 is 1.29 bits per heavy atom. The van der Waals surface area contributed by atoms with Crippen LogP contribution in [-0.2, 0) is 11.2 Å². The van der Waals surface area contributed by atoms with Gasteiger partial charge in [-0.05, 0) is 14.1 Å². The molecule has 0 saturated heterocycles. The molecule has 0 aliphatic carbocycles. The van der Waals surface area contributed by atoms with Crippen molar-refractivity contribution < 1.29 is 4.79 Å². The summed E-state index contributed by atoms with van der Waals surface area (Å²) in [6.45, 7) is 1.43. The van der Waals surface area contributed by atoms with E-state index in [1.165, 1.54) is 0 Å². The number of carbonyl (C=O) groups is 1. The number of carbonyl (C=O) groups excluding carboxylic acids is 1. The zero-order valence-corrected chi connectivity index (χ0v) is 13.3. The van der Waals surface area contributed by atoms with Crippen LogP contribution >= 0.6 is 11.3 Å². The molecule has 4 nitrogen and oxygen atoms in total. The van der Waals surface area contributed by atoms with Gasteiger partial charge in [0, 0.05) is 36.9 Å². The van der Waals surface area contributed by atoms with E-state index in [1.807, 2.05) is 37.2 Å². The standard InChI is InChI=1S/C16H21N3OS/c1-19(2)11-9-15(20)17-10-8-16-18-14(12-21-16)13-6-4-3-5-7-13/h3-7,12H,8-11H2,1-2H3,(H,17,20). The zero-order chi connectivity index (χ0) is 15.1. The number of aromatic nitrogens is 1. The van der Waals surface area contributed by atoms with Gasteiger partial charge < -0.3 is 10.2 Å². The highest BCUT2D eigenvalue weighted by atomic mass is 32.1. The molecular weight excluding hydrogens is 282 g/mol. The summed E-state index contributed by atoms with van der Waals surface area (Å²) in [6.07, 6.45) is 1.32. The molecule has 1 N–H and O–H groups in total. The molecule has 21 heavy (non-hydrogen) atoms. The van der Waals surface area contributed by atoms with Crippen LogP contribution in [0.1, 0.15) is 11.4 Å². The van der Waals surface area contributed by atoms with E-state index in [-0.39, 0.29) is 5.91 Å². The Kier molecular flexibility index (Phi) is 5.90. The van der Waals surface area contributed by atoms with Gasteiger partial charge in [-0.3, -0.25) is 4.79 Å². The van der Waals surface area contributed by atoms with Crippen LogP contribution in [0.3, 0.4) is 0 Å². The van der Waals surface area contributed by atoms with Crippen LogP contribution in [-0.4, -0.2) is 43.0 Å². The maximum atomic E-state index is 11.6. The first-order chi connectivity index (χ1) is 10.1. The Morgan fingerprint density at radius 2 is 2.05 bits per heavy atom. The number of rotatable bonds is 7. The van der Waals surface area contributed by atoms with Crippen LogP contribution in [0, 0.1) is 0 Å². The molecule has 5 heteroatoms. The molecule has 0 saturated carbocycles. The largest absolute Gasteiger partial charge is 0.356 e. The molecule has 1 aromatic carbocycles. The lowest BCUT2D eigenvalue weighted by Gasteiger charge is -2.09. The molecule has 2 aromatic rings. The van der Waals surface area contributed by atoms with Crippen molar-refractivity contribution in [3.63, 3.8) is 0 Å². The predicted molar refractivity (Wildman–Crippen MR) is 87.4 cm³/mol. The zero-order valence-electron chi connectivity index (χ0n) is 12.5. The minimum absolute atomic E-state index is 0.100. The van der Waals surface area contributed by atoms with Crippen LogP contribution in [0.15, 0.2) is 35.7 Å². The van der Waals surface area contributed by atoms with E-state index in [2.05, 4.69) is 27.8 Å². The third kappa shape index (κ3) is 5.28. The number of benzene rings is 1. The number of nitrogens with one attached hydrogen (secondary N) is 1. The second-order valence-corrected chi connectivity index (χ2v) is 6.09. The topological polar surface area (TPSA) is 45.2 Å². The summed E-state index contributed by atoms with van der Waals surface area (Å²) in [5, 5.41) is 6.06. The lowest BCUT2D eigenvalue weighted by atomic mass is 10.2. The van der Waals surface area contributed by atoms with E-state index in [1.54, 1.807) is 11.3 Å². The molecule has 0 fully saturated rings. The quantitative estimate of drug-likeness (QED) is 0.854. The molecule has 0 radical (unpaired) electrons. The van der Waals surface area contributed by atoms with Crippen molar-refractivity contribution in [3.8, 4) is 11.3 Å². The van der Waals surface area contributed by atoms with Gasteiger partial charge in [0.2, 0.25) is 5.91 Å². The van der Waals surface area contributed by atoms with Crippen molar-refractivity contribution in [2.75, 3.05) is 27.2 Å². The number of hydrogen-bond acceptors (Lipinski definition) is 4. The Morgan fingerprint density at radius 3 is 2.76 bits per heavy atom. The molecule has 1 heterocycles. The van der Waals surface area contributed by atoms with Crippen molar-refractivity contribution in [1.82, 2.24) is 15.2 Å². The highest BCUT2D eigenvalue weighted by Crippen LogP contribution is 2.21. The molecule has 0 aliphatic heterocycles. The fourth-order valence-electron chi connectivity index (χ4n) is 1.89. The normalized spacial score (nSPS) is 10.8. The lowest BCUT2D eigenvalue weighted by molar-refractivity contribution is -0.121. The molecule has 112 valence electrons. The van der Waals surface area contributed by atoms with E-state index in [9.17, 15) is 4.79 Å². The maximum Gasteiger partial charge on any atom is 0.221 e. The van der Waals surface area contributed by atoms with Gasteiger partial charge in [0.15, 0.2) is 0 Å². The Bertz CT molecular complexity index is 566. The summed E-state index contributed by atoms with van der Waals surface area (Å²) in [6, 6.07) is 10.1. The van der Waals surface area contributed by atoms with Gasteiger partial charge in [-0.15, -0.1) is 11.3 Å². The number of hydrogen-bond donors (Lipinski definition) is 1. The van der Waals surface area contributed by atoms with Crippen LogP contribution < -0.4 is 5.32 Å². The van der Waals surface area contributed by atoms with Crippen molar-refractivity contribution in [1.29, 1.82) is 0 Å². The van der Waals surface area contributed by atoms with E-state index in [4.69, 9.17) is 0 Å². The van der Waals surface area contributed by atoms with Crippen molar-refractivity contribution in [2.24, 2.45) is 0 Å². The van der Waals surface area contributed by atoms with Gasteiger partial charge in [0.1, 0.15) is 0 Å². The summed E-state index contributed by atoms with van der Waals surface area (Å²) in [5.41, 5.74) is 2.14. The third-order valence-electron chi connectivity index (χ3n) is 3.07. The Balaban J connectivity index is 1.77. The van der Waals surface area contributed by atoms with Gasteiger partial charge in [-0.2, -0.15) is 0 Å². The summed E-state index contributed by atoms with van der Waals surface area (Å²) in [7, 11) is 3.93. The minimum Gasteiger partial charge on any atom is -0.356 e. The van der Waals surface area contributed by atoms with Gasteiger partial charge in [0.05, 0.1) is 10.7 Å². The first-order valence-corrected chi connectivity index (χ1v) is 7.94. The summed E-state index contributed by atoms with van der Waals surface area (Å²) in [4.78, 5) is 18.2. The lowest BCUT2D eigenvalue weighted by Crippen LogP contribution is -2.28. The summed E-state index contributed by atoms with van der Waals surface area (Å²) >= 11 is 1.64. The Hall–Kier alpha value is -1.72. The molecule has 2 rings (SSSR count). The highest BCUT2D eigenvalue weighted by Gasteiger charge is 2.05. The number of thiazole rings is 1. The number of amides is 1. The first kappa shape index (κ1) is 15.7. The second kappa shape index (κ2) is 7.90. The summed E-state index contributed by atoms with van der Waals surface area (Å²) in [5.74, 6) is 0.100. The monoisotopic (exact) mass is 303 g/mol. The maximum absolute atomic E-state index is 11.6. The predicted octanol–water partition coefficient (Wildman–Crippen LogP) is 2.42. The minimum atomic E-state index is 0.100. The second-order valence-electron chi connectivity index (χ2n) is 5.15. The summed E-state index contributed by atoms with van der Waals surface area (Å²) < 4.78 is 0. The third-order valence-corrected chi connectivity index (χ3v) is 3.98. The fourth-order valence-corrected chi connectivity index (χ4v) is 2.70. The first-order valence-electron chi connectivity index (χ1n) is 7.06. The molecule has 0 unspecified atom stereocenters. The molecule has 0 aliphatic rings. The van der Waals surface area contributed by atoms with Crippen molar-refractivity contribution in [3.05, 3.63) is 40.7 Å². The SMILES string of the molecule is CN(C)CCC(=O)NCCc1nc(-c2ccccc2)cs1. The molecule has 0 atom stereocenters. The van der Waals surface area contributed by atoms with Crippen LogP contribution in [0.4, 0.5) is 0 Å². The average molecular weight is 303 g/mol. The fraction of sp³-hybridized carbons (Fsp3) is 0.375. The van der Waals surface area contributed by atoms with Crippen molar-refractivity contribution >= 4 is 17.2 Å². The van der Waals surface area contributed by atoms with Crippen LogP contribution in [0.5, 0.6) is 0 Å². The smallest absolute Gasteiger partial charge is 0.221 e. The van der Waals surface area contributed by atoms with E-state index >= 15 is 0 Å². The van der Waals surface area contributed by atoms with E-state index in [0.717, 1.165) is 29.2 Å². The van der Waals surface area contributed by atoms with E-state index < -0.39 is 0 Å². The van der Waals surface area contributed by atoms with Gasteiger partial charge in [0.25, 0.3) is 0 Å². The number of nitrogens with zero attached hydrogens (tertiary/aromatic N) is 2. The van der Waals surface area contributed by atoms with Crippen LogP contribution in [0.25, 0.3) is 11.3 Å². The highest BCUT2D eigenvalue weighted by molar-refractivity contribution is 7.09. The molecule has 1 aromatic heterocycles. The molecule has 0 spiro atoms. The van der Waals surface area contributed by atoms with Gasteiger partial charge >= 0.3 is 0 Å². The molecular formula is C16H21N3OS. The van der Waals surface area contributed by atoms with Crippen molar-refractivity contribution in [2.45, 2.75) is 12.8 Å². The molecule has 1 amide bonds. The Labute approximate surface area is 129 Å².